The molecule has 0 aromatic carbocycles. The van der Waals surface area contributed by atoms with E-state index >= 15 is 0 Å². The molecule has 6 nitrogen and oxygen atoms in total. The summed E-state index contributed by atoms with van der Waals surface area (Å²) < 4.78 is 5.50. The zero-order valence-electron chi connectivity index (χ0n) is 12.7. The van der Waals surface area contributed by atoms with Crippen LogP contribution in [0.15, 0.2) is 21.3 Å². The van der Waals surface area contributed by atoms with Crippen LogP contribution in [-0.4, -0.2) is 35.0 Å². The van der Waals surface area contributed by atoms with Crippen LogP contribution < -0.4 is 5.63 Å². The first-order valence-corrected chi connectivity index (χ1v) is 8.37. The molecule has 7 heteroatoms. The Morgan fingerprint density at radius 2 is 1.96 bits per heavy atom. The molecule has 1 fully saturated rings. The Bertz CT molecular complexity index is 815. The number of carbonyl (C=O) groups excluding carboxylic acids is 1. The largest absolute Gasteiger partial charge is 0.477 e. The lowest BCUT2D eigenvalue weighted by Gasteiger charge is -2.30. The first kappa shape index (κ1) is 15.7. The van der Waals surface area contributed by atoms with Crippen molar-refractivity contribution in [3.8, 4) is 0 Å². The molecule has 0 saturated heterocycles. The van der Waals surface area contributed by atoms with Gasteiger partial charge in [-0.2, -0.15) is 0 Å². The highest BCUT2D eigenvalue weighted by Gasteiger charge is 2.25. The summed E-state index contributed by atoms with van der Waals surface area (Å²) in [5.74, 6) is -1.45. The molecular formula is C16H17NO5S. The number of hydrogen-bond donors (Lipinski definition) is 1. The maximum absolute atomic E-state index is 12.6. The van der Waals surface area contributed by atoms with Crippen molar-refractivity contribution in [2.75, 3.05) is 7.05 Å². The average molecular weight is 335 g/mol. The van der Waals surface area contributed by atoms with Crippen LogP contribution in [0.25, 0.3) is 10.3 Å². The molecule has 3 rings (SSSR count). The molecule has 1 aliphatic carbocycles. The maximum atomic E-state index is 12.6. The van der Waals surface area contributed by atoms with Gasteiger partial charge in [-0.3, -0.25) is 4.79 Å². The van der Waals surface area contributed by atoms with Gasteiger partial charge in [0.15, 0.2) is 0 Å². The van der Waals surface area contributed by atoms with Crippen LogP contribution in [0.5, 0.6) is 0 Å². The smallest absolute Gasteiger partial charge is 0.351 e. The van der Waals surface area contributed by atoms with Gasteiger partial charge in [0.2, 0.25) is 0 Å². The Labute approximate surface area is 136 Å². The summed E-state index contributed by atoms with van der Waals surface area (Å²) in [6, 6.07) is 3.03. The molecule has 23 heavy (non-hydrogen) atoms. The molecule has 0 atom stereocenters. The zero-order chi connectivity index (χ0) is 16.6. The summed E-state index contributed by atoms with van der Waals surface area (Å²) in [6.07, 6.45) is 5.48. The Balaban J connectivity index is 1.91. The van der Waals surface area contributed by atoms with Crippen molar-refractivity contribution in [1.82, 2.24) is 4.90 Å². The van der Waals surface area contributed by atoms with Crippen molar-refractivity contribution < 1.29 is 19.1 Å². The predicted octanol–water partition coefficient (Wildman–Crippen LogP) is 2.96. The molecule has 0 aliphatic heterocycles. The third kappa shape index (κ3) is 3.01. The van der Waals surface area contributed by atoms with Crippen LogP contribution >= 0.6 is 11.3 Å². The number of aromatic carboxylic acids is 1. The number of thiophene rings is 1. The Morgan fingerprint density at radius 1 is 1.26 bits per heavy atom. The summed E-state index contributed by atoms with van der Waals surface area (Å²) in [5, 5.41) is 8.97. The number of nitrogens with zero attached hydrogens (tertiary/aromatic N) is 1. The molecule has 0 radical (unpaired) electrons. The van der Waals surface area contributed by atoms with Crippen LogP contribution in [0.4, 0.5) is 0 Å². The topological polar surface area (TPSA) is 87.8 Å². The molecule has 1 saturated carbocycles. The highest BCUT2D eigenvalue weighted by Crippen LogP contribution is 2.28. The van der Waals surface area contributed by atoms with Crippen LogP contribution in [0, 0.1) is 0 Å². The molecule has 0 unspecified atom stereocenters. The number of rotatable bonds is 3. The average Bonchev–Trinajstić information content (AvgIpc) is 2.96. The van der Waals surface area contributed by atoms with E-state index in [2.05, 4.69) is 0 Å². The second kappa shape index (κ2) is 6.16. The molecule has 2 aromatic heterocycles. The minimum atomic E-state index is -1.33. The Kier molecular flexibility index (Phi) is 4.21. The van der Waals surface area contributed by atoms with E-state index in [1.165, 1.54) is 18.6 Å². The summed E-state index contributed by atoms with van der Waals surface area (Å²) in [7, 11) is 1.79. The van der Waals surface area contributed by atoms with Gasteiger partial charge in [-0.15, -0.1) is 11.3 Å². The van der Waals surface area contributed by atoms with Crippen LogP contribution in [0.3, 0.4) is 0 Å². The van der Waals surface area contributed by atoms with E-state index in [4.69, 9.17) is 9.52 Å². The highest BCUT2D eigenvalue weighted by molar-refractivity contribution is 7.20. The molecule has 2 aromatic rings. The summed E-state index contributed by atoms with van der Waals surface area (Å²) in [4.78, 5) is 37.4. The van der Waals surface area contributed by atoms with E-state index in [1.54, 1.807) is 11.9 Å². The first-order chi connectivity index (χ1) is 11.0. The van der Waals surface area contributed by atoms with Crippen LogP contribution in [-0.2, 0) is 0 Å². The van der Waals surface area contributed by atoms with Gasteiger partial charge >= 0.3 is 11.6 Å². The quantitative estimate of drug-likeness (QED) is 0.931. The molecule has 0 bridgehead atoms. The van der Waals surface area contributed by atoms with Crippen molar-refractivity contribution >= 4 is 33.5 Å². The number of carboxylic acids is 1. The maximum Gasteiger partial charge on any atom is 0.351 e. The number of carbonyl (C=O) groups is 2. The number of fused-ring (bicyclic) bond motifs is 1. The number of hydrogen-bond acceptors (Lipinski definition) is 5. The molecule has 2 heterocycles. The number of carboxylic acid groups (broad SMARTS) is 1. The zero-order valence-corrected chi connectivity index (χ0v) is 13.5. The van der Waals surface area contributed by atoms with E-state index in [0.717, 1.165) is 37.0 Å². The van der Waals surface area contributed by atoms with Crippen molar-refractivity contribution in [2.45, 2.75) is 38.1 Å². The number of amides is 1. The van der Waals surface area contributed by atoms with Crippen molar-refractivity contribution in [3.63, 3.8) is 0 Å². The van der Waals surface area contributed by atoms with E-state index in [1.807, 2.05) is 0 Å². The highest BCUT2D eigenvalue weighted by atomic mass is 32.1. The van der Waals surface area contributed by atoms with Gasteiger partial charge in [0, 0.05) is 19.2 Å². The van der Waals surface area contributed by atoms with Crippen molar-refractivity contribution in [1.29, 1.82) is 0 Å². The third-order valence-electron chi connectivity index (χ3n) is 4.31. The minimum absolute atomic E-state index is 0.113. The van der Waals surface area contributed by atoms with E-state index in [9.17, 15) is 14.4 Å². The van der Waals surface area contributed by atoms with E-state index in [0.29, 0.717) is 9.58 Å². The monoisotopic (exact) mass is 335 g/mol. The van der Waals surface area contributed by atoms with Gasteiger partial charge in [-0.05, 0) is 18.9 Å². The van der Waals surface area contributed by atoms with Gasteiger partial charge in [-0.25, -0.2) is 9.59 Å². The predicted molar refractivity (Wildman–Crippen MR) is 86.3 cm³/mol. The van der Waals surface area contributed by atoms with Gasteiger partial charge in [0.1, 0.15) is 11.1 Å². The van der Waals surface area contributed by atoms with Gasteiger partial charge in [0.25, 0.3) is 5.91 Å². The van der Waals surface area contributed by atoms with E-state index < -0.39 is 17.2 Å². The van der Waals surface area contributed by atoms with E-state index in [-0.39, 0.29) is 17.5 Å². The lowest BCUT2D eigenvalue weighted by atomic mass is 9.94. The molecule has 1 aliphatic rings. The second-order valence-electron chi connectivity index (χ2n) is 5.80. The fraction of sp³-hybridized carbons (Fsp3) is 0.438. The SMILES string of the molecule is CN(C(=O)c1cc2oc(=O)c(C(=O)O)cc2s1)C1CCCCC1. The van der Waals surface area contributed by atoms with Crippen LogP contribution in [0.2, 0.25) is 0 Å². The summed E-state index contributed by atoms with van der Waals surface area (Å²) in [5.41, 5.74) is -1.06. The molecular weight excluding hydrogens is 318 g/mol. The first-order valence-electron chi connectivity index (χ1n) is 7.55. The molecule has 1 amide bonds. The third-order valence-corrected chi connectivity index (χ3v) is 5.36. The molecule has 0 spiro atoms. The molecule has 122 valence electrons. The minimum Gasteiger partial charge on any atom is -0.477 e. The van der Waals surface area contributed by atoms with Crippen molar-refractivity contribution in [3.05, 3.63) is 33.0 Å². The van der Waals surface area contributed by atoms with Crippen LogP contribution in [0.1, 0.15) is 52.1 Å². The lowest BCUT2D eigenvalue weighted by Crippen LogP contribution is -2.37. The second-order valence-corrected chi connectivity index (χ2v) is 6.88. The van der Waals surface area contributed by atoms with Gasteiger partial charge in [0.05, 0.1) is 9.58 Å². The standard InChI is InChI=1S/C16H17NO5S/c1-17(9-5-3-2-4-6-9)14(18)13-8-11-12(23-13)7-10(15(19)20)16(21)22-11/h7-9H,2-6H2,1H3,(H,19,20). The molecule has 1 N–H and O–H groups in total. The lowest BCUT2D eigenvalue weighted by molar-refractivity contribution is 0.0686. The fourth-order valence-corrected chi connectivity index (χ4v) is 3.99. The van der Waals surface area contributed by atoms with Gasteiger partial charge < -0.3 is 14.4 Å². The normalized spacial score (nSPS) is 15.7. The Hall–Kier alpha value is -2.15. The van der Waals surface area contributed by atoms with Gasteiger partial charge in [-0.1, -0.05) is 19.3 Å². The summed E-state index contributed by atoms with van der Waals surface area (Å²) in [6.45, 7) is 0. The summed E-state index contributed by atoms with van der Waals surface area (Å²) >= 11 is 1.15. The van der Waals surface area contributed by atoms with Crippen molar-refractivity contribution in [2.24, 2.45) is 0 Å². The fourth-order valence-electron chi connectivity index (χ4n) is 2.98. The Morgan fingerprint density at radius 3 is 2.61 bits per heavy atom.